The summed E-state index contributed by atoms with van der Waals surface area (Å²) < 4.78 is 21.6. The average Bonchev–Trinajstić information content (AvgIpc) is 3.37. The van der Waals surface area contributed by atoms with Crippen LogP contribution >= 0.6 is 11.3 Å². The molecule has 2 heterocycles. The molecule has 1 aliphatic heterocycles. The van der Waals surface area contributed by atoms with Gasteiger partial charge in [-0.2, -0.15) is 0 Å². The van der Waals surface area contributed by atoms with Crippen LogP contribution in [0.5, 0.6) is 17.2 Å². The van der Waals surface area contributed by atoms with Crippen molar-refractivity contribution in [3.8, 4) is 17.2 Å². The number of nitrogens with one attached hydrogen (secondary N) is 1. The number of carbonyl (C=O) groups is 2. The van der Waals surface area contributed by atoms with E-state index in [0.29, 0.717) is 34.2 Å². The van der Waals surface area contributed by atoms with Gasteiger partial charge in [-0.15, -0.1) is 11.3 Å². The summed E-state index contributed by atoms with van der Waals surface area (Å²) in [5.41, 5.74) is 2.15. The maximum atomic E-state index is 12.8. The molecule has 32 heavy (non-hydrogen) atoms. The van der Waals surface area contributed by atoms with Crippen LogP contribution in [0.25, 0.3) is 0 Å². The van der Waals surface area contributed by atoms with E-state index in [1.807, 2.05) is 43.3 Å². The van der Waals surface area contributed by atoms with Crippen molar-refractivity contribution >= 4 is 28.2 Å². The first-order valence-corrected chi connectivity index (χ1v) is 11.0. The van der Waals surface area contributed by atoms with E-state index >= 15 is 0 Å². The highest BCUT2D eigenvalue weighted by Gasteiger charge is 2.25. The normalized spacial score (nSPS) is 11.8. The van der Waals surface area contributed by atoms with Crippen LogP contribution in [0.15, 0.2) is 48.5 Å². The van der Waals surface area contributed by atoms with E-state index in [2.05, 4.69) is 5.32 Å². The smallest absolute Gasteiger partial charge is 0.341 e. The Morgan fingerprint density at radius 2 is 1.88 bits per heavy atom. The Kier molecular flexibility index (Phi) is 6.61. The number of rotatable bonds is 8. The van der Waals surface area contributed by atoms with Crippen molar-refractivity contribution in [2.75, 3.05) is 25.3 Å². The summed E-state index contributed by atoms with van der Waals surface area (Å²) in [7, 11) is 0. The maximum Gasteiger partial charge on any atom is 0.341 e. The third-order valence-corrected chi connectivity index (χ3v) is 5.94. The molecular formula is C24H23NO6S. The van der Waals surface area contributed by atoms with Crippen LogP contribution in [-0.2, 0) is 16.0 Å². The zero-order valence-corrected chi connectivity index (χ0v) is 18.6. The maximum absolute atomic E-state index is 12.8. The predicted molar refractivity (Wildman–Crippen MR) is 121 cm³/mol. The monoisotopic (exact) mass is 453 g/mol. The molecule has 7 nitrogen and oxygen atoms in total. The largest absolute Gasteiger partial charge is 0.484 e. The van der Waals surface area contributed by atoms with Crippen LogP contribution in [0, 0.1) is 6.92 Å². The summed E-state index contributed by atoms with van der Waals surface area (Å²) in [4.78, 5) is 26.2. The van der Waals surface area contributed by atoms with Crippen molar-refractivity contribution in [3.05, 3.63) is 70.1 Å². The fourth-order valence-corrected chi connectivity index (χ4v) is 4.46. The molecule has 0 bridgehead atoms. The van der Waals surface area contributed by atoms with Crippen molar-refractivity contribution in [3.63, 3.8) is 0 Å². The molecule has 4 rings (SSSR count). The van der Waals surface area contributed by atoms with Crippen LogP contribution in [0.3, 0.4) is 0 Å². The molecule has 8 heteroatoms. The van der Waals surface area contributed by atoms with Crippen LogP contribution in [-0.4, -0.2) is 31.9 Å². The van der Waals surface area contributed by atoms with E-state index in [1.165, 1.54) is 11.3 Å². The summed E-state index contributed by atoms with van der Waals surface area (Å²) in [6.07, 6.45) is 0.490. The number of esters is 1. The van der Waals surface area contributed by atoms with Crippen molar-refractivity contribution in [2.45, 2.75) is 20.3 Å². The number of benzene rings is 2. The van der Waals surface area contributed by atoms with E-state index in [0.717, 1.165) is 16.0 Å². The summed E-state index contributed by atoms with van der Waals surface area (Å²) in [5.74, 6) is 1.16. The summed E-state index contributed by atoms with van der Waals surface area (Å²) in [6.45, 7) is 3.94. The lowest BCUT2D eigenvalue weighted by Crippen LogP contribution is -2.21. The summed E-state index contributed by atoms with van der Waals surface area (Å²) in [5, 5.41) is 3.27. The van der Waals surface area contributed by atoms with E-state index < -0.39 is 5.97 Å². The fourth-order valence-electron chi connectivity index (χ4n) is 3.38. The van der Waals surface area contributed by atoms with Gasteiger partial charge in [0.05, 0.1) is 12.2 Å². The first kappa shape index (κ1) is 21.7. The lowest BCUT2D eigenvalue weighted by Gasteiger charge is -2.10. The van der Waals surface area contributed by atoms with Crippen LogP contribution in [0.2, 0.25) is 0 Å². The third-order valence-electron chi connectivity index (χ3n) is 4.87. The second kappa shape index (κ2) is 9.74. The van der Waals surface area contributed by atoms with Gasteiger partial charge in [0.25, 0.3) is 5.91 Å². The van der Waals surface area contributed by atoms with Gasteiger partial charge in [-0.1, -0.05) is 24.3 Å². The Bertz CT molecular complexity index is 1130. The minimum Gasteiger partial charge on any atom is -0.484 e. The van der Waals surface area contributed by atoms with E-state index in [1.54, 1.807) is 19.1 Å². The number of hydrogen-bond acceptors (Lipinski definition) is 7. The number of carbonyl (C=O) groups excluding carboxylic acids is 2. The third kappa shape index (κ3) is 4.86. The molecule has 0 unspecified atom stereocenters. The van der Waals surface area contributed by atoms with Crippen LogP contribution in [0.4, 0.5) is 5.00 Å². The van der Waals surface area contributed by atoms with Gasteiger partial charge in [0.1, 0.15) is 10.8 Å². The molecule has 1 aromatic heterocycles. The molecule has 0 aliphatic carbocycles. The SMILES string of the molecule is CCOC(=O)c1c(NC(=O)COc2ccccc2)sc(C)c1Cc1ccc2c(c1)OCO2. The number of hydrogen-bond donors (Lipinski definition) is 1. The molecule has 0 fully saturated rings. The Labute approximate surface area is 189 Å². The average molecular weight is 454 g/mol. The first-order chi connectivity index (χ1) is 15.5. The van der Waals surface area contributed by atoms with Gasteiger partial charge in [0, 0.05) is 4.88 Å². The lowest BCUT2D eigenvalue weighted by molar-refractivity contribution is -0.118. The van der Waals surface area contributed by atoms with Crippen molar-refractivity contribution in [1.29, 1.82) is 0 Å². The number of fused-ring (bicyclic) bond motifs is 1. The number of para-hydroxylation sites is 1. The lowest BCUT2D eigenvalue weighted by atomic mass is 10.0. The van der Waals surface area contributed by atoms with Gasteiger partial charge in [0.15, 0.2) is 18.1 Å². The van der Waals surface area contributed by atoms with Gasteiger partial charge in [-0.05, 0) is 55.7 Å². The molecule has 1 N–H and O–H groups in total. The Morgan fingerprint density at radius 1 is 1.09 bits per heavy atom. The minimum atomic E-state index is -0.466. The van der Waals surface area contributed by atoms with Gasteiger partial charge < -0.3 is 24.3 Å². The molecule has 1 amide bonds. The van der Waals surface area contributed by atoms with Gasteiger partial charge in [-0.25, -0.2) is 4.79 Å². The molecular weight excluding hydrogens is 430 g/mol. The van der Waals surface area contributed by atoms with Gasteiger partial charge in [0.2, 0.25) is 6.79 Å². The molecule has 0 saturated heterocycles. The molecule has 0 saturated carbocycles. The highest BCUT2D eigenvalue weighted by molar-refractivity contribution is 7.16. The van der Waals surface area contributed by atoms with Gasteiger partial charge in [-0.3, -0.25) is 4.79 Å². The Hall–Kier alpha value is -3.52. The van der Waals surface area contributed by atoms with Crippen molar-refractivity contribution in [2.24, 2.45) is 0 Å². The number of ether oxygens (including phenoxy) is 4. The molecule has 0 radical (unpaired) electrons. The van der Waals surface area contributed by atoms with Crippen molar-refractivity contribution in [1.82, 2.24) is 0 Å². The second-order valence-electron chi connectivity index (χ2n) is 7.08. The van der Waals surface area contributed by atoms with E-state index in [-0.39, 0.29) is 25.9 Å². The van der Waals surface area contributed by atoms with E-state index in [4.69, 9.17) is 18.9 Å². The number of aryl methyl sites for hydroxylation is 1. The number of amides is 1. The Morgan fingerprint density at radius 3 is 2.66 bits per heavy atom. The zero-order chi connectivity index (χ0) is 22.5. The molecule has 166 valence electrons. The zero-order valence-electron chi connectivity index (χ0n) is 17.8. The first-order valence-electron chi connectivity index (χ1n) is 10.2. The number of anilines is 1. The number of thiophene rings is 1. The molecule has 0 atom stereocenters. The molecule has 0 spiro atoms. The van der Waals surface area contributed by atoms with Crippen molar-refractivity contribution < 1.29 is 28.5 Å². The van der Waals surface area contributed by atoms with Gasteiger partial charge >= 0.3 is 5.97 Å². The highest BCUT2D eigenvalue weighted by atomic mass is 32.1. The molecule has 1 aliphatic rings. The quantitative estimate of drug-likeness (QED) is 0.503. The minimum absolute atomic E-state index is 0.166. The predicted octanol–water partition coefficient (Wildman–Crippen LogP) is 4.57. The summed E-state index contributed by atoms with van der Waals surface area (Å²) in [6, 6.07) is 14.8. The highest BCUT2D eigenvalue weighted by Crippen LogP contribution is 2.37. The second-order valence-corrected chi connectivity index (χ2v) is 8.30. The van der Waals surface area contributed by atoms with Crippen LogP contribution in [0.1, 0.15) is 33.3 Å². The Balaban J connectivity index is 1.55. The molecule has 3 aromatic rings. The standard InChI is InChI=1S/C24H23NO6S/c1-3-28-24(27)22-18(11-16-9-10-19-20(12-16)31-14-30-19)15(2)32-23(22)25-21(26)13-29-17-7-5-4-6-8-17/h4-10,12H,3,11,13-14H2,1-2H3,(H,25,26). The topological polar surface area (TPSA) is 83.1 Å². The van der Waals surface area contributed by atoms with Crippen LogP contribution < -0.4 is 19.5 Å². The van der Waals surface area contributed by atoms with E-state index in [9.17, 15) is 9.59 Å². The molecule has 2 aromatic carbocycles. The summed E-state index contributed by atoms with van der Waals surface area (Å²) >= 11 is 1.35. The fraction of sp³-hybridized carbons (Fsp3) is 0.250.